The number of hydrogen-bond donors (Lipinski definition) is 3. The molecule has 0 spiro atoms. The van der Waals surface area contributed by atoms with E-state index < -0.39 is 5.82 Å². The fourth-order valence-electron chi connectivity index (χ4n) is 2.27. The first-order chi connectivity index (χ1) is 10.2. The van der Waals surface area contributed by atoms with Crippen LogP contribution in [0.4, 0.5) is 15.8 Å². The number of halogens is 1. The Morgan fingerprint density at radius 3 is 3.00 bits per heavy atom. The lowest BCUT2D eigenvalue weighted by Gasteiger charge is -2.12. The Kier molecular flexibility index (Phi) is 3.60. The summed E-state index contributed by atoms with van der Waals surface area (Å²) in [6.45, 7) is 0.887. The minimum atomic E-state index is -0.438. The fourth-order valence-corrected chi connectivity index (χ4v) is 2.27. The monoisotopic (exact) mass is 288 g/mol. The lowest BCUT2D eigenvalue weighted by atomic mass is 10.1. The first kappa shape index (κ1) is 13.6. The van der Waals surface area contributed by atoms with Gasteiger partial charge in [0.05, 0.1) is 11.2 Å². The molecular weight excluding hydrogens is 271 g/mol. The number of aromatic nitrogens is 1. The Morgan fingerprint density at radius 2 is 2.24 bits per heavy atom. The predicted octanol–water partition coefficient (Wildman–Crippen LogP) is 1.89. The van der Waals surface area contributed by atoms with Gasteiger partial charge in [0, 0.05) is 36.3 Å². The van der Waals surface area contributed by atoms with E-state index in [2.05, 4.69) is 15.6 Å². The Morgan fingerprint density at radius 1 is 1.43 bits per heavy atom. The molecule has 0 saturated heterocycles. The van der Waals surface area contributed by atoms with Crippen LogP contribution < -0.4 is 16.4 Å². The minimum Gasteiger partial charge on any atom is -0.398 e. The quantitative estimate of drug-likeness (QED) is 0.580. The summed E-state index contributed by atoms with van der Waals surface area (Å²) in [5, 5.41) is 6.53. The number of carbonyl (C=O) groups is 1. The third-order valence-electron chi connectivity index (χ3n) is 3.55. The van der Waals surface area contributed by atoms with Crippen molar-refractivity contribution in [2.24, 2.45) is 5.92 Å². The van der Waals surface area contributed by atoms with Gasteiger partial charge in [-0.3, -0.25) is 9.78 Å². The summed E-state index contributed by atoms with van der Waals surface area (Å²) in [4.78, 5) is 15.7. The van der Waals surface area contributed by atoms with E-state index in [9.17, 15) is 9.18 Å². The summed E-state index contributed by atoms with van der Waals surface area (Å²) >= 11 is 0. The predicted molar refractivity (Wildman–Crippen MR) is 80.3 cm³/mol. The number of fused-ring (bicyclic) bond motifs is 1. The maximum Gasteiger partial charge on any atom is 0.223 e. The number of carbonyl (C=O) groups excluding carboxylic acids is 1. The van der Waals surface area contributed by atoms with Gasteiger partial charge in [-0.25, -0.2) is 4.39 Å². The number of nitrogens with one attached hydrogen (secondary N) is 2. The van der Waals surface area contributed by atoms with Crippen LogP contribution in [0.1, 0.15) is 12.8 Å². The second-order valence-electron chi connectivity index (χ2n) is 5.21. The van der Waals surface area contributed by atoms with Crippen molar-refractivity contribution in [1.29, 1.82) is 0 Å². The lowest BCUT2D eigenvalue weighted by Crippen LogP contribution is -2.30. The first-order valence-electron chi connectivity index (χ1n) is 7.01. The Labute approximate surface area is 121 Å². The summed E-state index contributed by atoms with van der Waals surface area (Å²) < 4.78 is 14.0. The zero-order chi connectivity index (χ0) is 14.8. The second kappa shape index (κ2) is 5.55. The highest BCUT2D eigenvalue weighted by Gasteiger charge is 2.28. The minimum absolute atomic E-state index is 0.0811. The highest BCUT2D eigenvalue weighted by Crippen LogP contribution is 2.30. The van der Waals surface area contributed by atoms with Gasteiger partial charge in [0.15, 0.2) is 5.82 Å². The van der Waals surface area contributed by atoms with Crippen LogP contribution in [0.3, 0.4) is 0 Å². The van der Waals surface area contributed by atoms with Gasteiger partial charge in [0.1, 0.15) is 0 Å². The van der Waals surface area contributed by atoms with Crippen molar-refractivity contribution in [3.63, 3.8) is 0 Å². The molecule has 0 aliphatic heterocycles. The zero-order valence-corrected chi connectivity index (χ0v) is 11.5. The lowest BCUT2D eigenvalue weighted by molar-refractivity contribution is -0.122. The molecule has 5 nitrogen and oxygen atoms in total. The number of anilines is 2. The maximum atomic E-state index is 14.0. The van der Waals surface area contributed by atoms with Gasteiger partial charge in [0.25, 0.3) is 0 Å². The van der Waals surface area contributed by atoms with Crippen molar-refractivity contribution in [2.75, 3.05) is 24.1 Å². The number of hydrogen-bond acceptors (Lipinski definition) is 4. The van der Waals surface area contributed by atoms with E-state index in [4.69, 9.17) is 5.73 Å². The second-order valence-corrected chi connectivity index (χ2v) is 5.21. The third-order valence-corrected chi connectivity index (χ3v) is 3.55. The number of rotatable bonds is 5. The molecule has 110 valence electrons. The Balaban J connectivity index is 1.69. The molecule has 1 aromatic carbocycles. The molecule has 4 N–H and O–H groups in total. The van der Waals surface area contributed by atoms with E-state index in [1.54, 1.807) is 18.3 Å². The first-order valence-corrected chi connectivity index (χ1v) is 7.01. The molecule has 1 fully saturated rings. The van der Waals surface area contributed by atoms with Crippen molar-refractivity contribution in [3.8, 4) is 0 Å². The number of nitrogen functional groups attached to an aromatic ring is 1. The van der Waals surface area contributed by atoms with Crippen LogP contribution >= 0.6 is 0 Å². The standard InChI is InChI=1S/C15H17FN4O/c16-11-8-12(17)10-2-1-5-18-13(10)14(11)19-6-7-20-15(21)9-3-4-9/h1-2,5,8-9,19H,3-4,6-7,17H2,(H,20,21). The maximum absolute atomic E-state index is 14.0. The van der Waals surface area contributed by atoms with Crippen molar-refractivity contribution in [3.05, 3.63) is 30.2 Å². The van der Waals surface area contributed by atoms with Crippen LogP contribution in [-0.2, 0) is 4.79 Å². The van der Waals surface area contributed by atoms with E-state index >= 15 is 0 Å². The number of benzene rings is 1. The average Bonchev–Trinajstić information content (AvgIpc) is 3.30. The molecule has 6 heteroatoms. The van der Waals surface area contributed by atoms with Crippen LogP contribution in [0.2, 0.25) is 0 Å². The summed E-state index contributed by atoms with van der Waals surface area (Å²) in [6, 6.07) is 4.85. The number of nitrogens with zero attached hydrogens (tertiary/aromatic N) is 1. The van der Waals surface area contributed by atoms with Crippen LogP contribution in [0.25, 0.3) is 10.9 Å². The summed E-state index contributed by atoms with van der Waals surface area (Å²) in [6.07, 6.45) is 3.54. The van der Waals surface area contributed by atoms with Crippen molar-refractivity contribution < 1.29 is 9.18 Å². The molecule has 1 amide bonds. The van der Waals surface area contributed by atoms with E-state index in [-0.39, 0.29) is 11.8 Å². The largest absolute Gasteiger partial charge is 0.398 e. The van der Waals surface area contributed by atoms with E-state index in [1.165, 1.54) is 6.07 Å². The Hall–Kier alpha value is -2.37. The van der Waals surface area contributed by atoms with Crippen LogP contribution in [0.5, 0.6) is 0 Å². The normalized spacial score (nSPS) is 14.1. The van der Waals surface area contributed by atoms with Crippen molar-refractivity contribution >= 4 is 28.2 Å². The Bertz CT molecular complexity index is 685. The van der Waals surface area contributed by atoms with Gasteiger partial charge in [-0.15, -0.1) is 0 Å². The molecule has 0 bridgehead atoms. The molecule has 1 aromatic heterocycles. The van der Waals surface area contributed by atoms with E-state index in [0.29, 0.717) is 35.4 Å². The summed E-state index contributed by atoms with van der Waals surface area (Å²) in [5.41, 5.74) is 6.98. The molecule has 1 aliphatic carbocycles. The van der Waals surface area contributed by atoms with Crippen molar-refractivity contribution in [1.82, 2.24) is 10.3 Å². The molecule has 2 aromatic rings. The molecule has 1 aliphatic rings. The fraction of sp³-hybridized carbons (Fsp3) is 0.333. The van der Waals surface area contributed by atoms with Gasteiger partial charge in [0.2, 0.25) is 5.91 Å². The molecule has 3 rings (SSSR count). The third kappa shape index (κ3) is 2.89. The SMILES string of the molecule is Nc1cc(F)c(NCCNC(=O)C2CC2)c2ncccc12. The zero-order valence-electron chi connectivity index (χ0n) is 11.5. The number of nitrogens with two attached hydrogens (primary N) is 1. The smallest absolute Gasteiger partial charge is 0.223 e. The molecular formula is C15H17FN4O. The highest BCUT2D eigenvalue weighted by molar-refractivity contribution is 5.98. The molecule has 21 heavy (non-hydrogen) atoms. The van der Waals surface area contributed by atoms with Gasteiger partial charge in [-0.1, -0.05) is 0 Å². The topological polar surface area (TPSA) is 80.0 Å². The molecule has 0 radical (unpaired) electrons. The summed E-state index contributed by atoms with van der Waals surface area (Å²) in [7, 11) is 0. The van der Waals surface area contributed by atoms with Crippen LogP contribution in [0.15, 0.2) is 24.4 Å². The van der Waals surface area contributed by atoms with Crippen LogP contribution in [0, 0.1) is 11.7 Å². The summed E-state index contributed by atoms with van der Waals surface area (Å²) in [5.74, 6) is -0.175. The van der Waals surface area contributed by atoms with Crippen molar-refractivity contribution in [2.45, 2.75) is 12.8 Å². The molecule has 1 heterocycles. The van der Waals surface area contributed by atoms with Gasteiger partial charge in [-0.2, -0.15) is 0 Å². The van der Waals surface area contributed by atoms with Gasteiger partial charge in [-0.05, 0) is 31.0 Å². The molecule has 0 unspecified atom stereocenters. The highest BCUT2D eigenvalue weighted by atomic mass is 19.1. The number of pyridine rings is 1. The van der Waals surface area contributed by atoms with Gasteiger partial charge >= 0.3 is 0 Å². The van der Waals surface area contributed by atoms with E-state index in [1.807, 2.05) is 0 Å². The average molecular weight is 288 g/mol. The molecule has 1 saturated carbocycles. The molecule has 0 atom stereocenters. The van der Waals surface area contributed by atoms with Crippen LogP contribution in [-0.4, -0.2) is 24.0 Å². The van der Waals surface area contributed by atoms with Gasteiger partial charge < -0.3 is 16.4 Å². The van der Waals surface area contributed by atoms with E-state index in [0.717, 1.165) is 12.8 Å². The number of amides is 1.